The number of hydrogen-bond acceptors (Lipinski definition) is 14. The van der Waals surface area contributed by atoms with Gasteiger partial charge in [0.05, 0.1) is 0 Å². The molecule has 0 aromatic rings. The van der Waals surface area contributed by atoms with Gasteiger partial charge in [-0.05, 0) is 10.6 Å². The summed E-state index contributed by atoms with van der Waals surface area (Å²) in [5, 5.41) is 22.3. The minimum Gasteiger partial charge on any atom is -1.00 e. The Balaban J connectivity index is -0.000000323. The number of rotatable bonds is 8. The molecule has 5 atom stereocenters. The van der Waals surface area contributed by atoms with Crippen molar-refractivity contribution in [3.05, 3.63) is 0 Å². The van der Waals surface area contributed by atoms with E-state index in [1.807, 2.05) is 0 Å². The van der Waals surface area contributed by atoms with E-state index in [0.717, 1.165) is 0 Å². The van der Waals surface area contributed by atoms with Crippen LogP contribution in [0, 0.1) is 0 Å². The minimum atomic E-state index is -1.21. The van der Waals surface area contributed by atoms with Gasteiger partial charge in [0.1, 0.15) is 53.2 Å². The number of nitrogens with zero attached hydrogens (tertiary/aromatic N) is 1. The average Bonchev–Trinajstić information content (AvgIpc) is 2.43. The molecule has 0 bridgehead atoms. The van der Waals surface area contributed by atoms with E-state index in [-0.39, 0.29) is 120 Å². The van der Waals surface area contributed by atoms with Crippen LogP contribution in [0.1, 0.15) is 0 Å². The van der Waals surface area contributed by atoms with Gasteiger partial charge < -0.3 is 120 Å². The molecule has 0 saturated carbocycles. The summed E-state index contributed by atoms with van der Waals surface area (Å²) in [7, 11) is 1.19. The van der Waals surface area contributed by atoms with Crippen molar-refractivity contribution < 1.29 is 205 Å². The molecule has 0 aromatic heterocycles. The highest BCUT2D eigenvalue weighted by molar-refractivity contribution is 14.1. The summed E-state index contributed by atoms with van der Waals surface area (Å²) in [4.78, 5) is 36.0. The zero-order valence-corrected chi connectivity index (χ0v) is 27.2. The largest absolute Gasteiger partial charge is 1.00 e. The maximum Gasteiger partial charge on any atom is 0.225 e. The molecular formula is CH12I7N7O12. The third-order valence-electron chi connectivity index (χ3n) is 1.33. The van der Waals surface area contributed by atoms with Crippen molar-refractivity contribution >= 4 is 45.9 Å². The van der Waals surface area contributed by atoms with Crippen molar-refractivity contribution in [2.45, 2.75) is 0 Å². The maximum absolute atomic E-state index is 9.35. The van der Waals surface area contributed by atoms with E-state index in [1.54, 1.807) is 0 Å². The molecule has 26 heteroatoms. The molecule has 1 rings (SSSR count). The third kappa shape index (κ3) is 19.5. The van der Waals surface area contributed by atoms with E-state index < -0.39 is 26.9 Å². The fourth-order valence-electron chi connectivity index (χ4n) is 0.705. The number of halogens is 7. The fraction of sp³-hybridized carbons (Fsp3) is 1.00. The lowest BCUT2D eigenvalue weighted by atomic mass is 11.7. The number of hydrogen-bond donors (Lipinski definition) is 9. The van der Waals surface area contributed by atoms with Gasteiger partial charge in [-0.15, -0.1) is 15.3 Å². The second kappa shape index (κ2) is 25.0. The molecular weight excluding hydrogens is 1190 g/mol. The van der Waals surface area contributed by atoms with Crippen LogP contribution in [0.25, 0.3) is 0 Å². The first kappa shape index (κ1) is 41.6. The van der Waals surface area contributed by atoms with E-state index in [1.165, 1.54) is 58.6 Å². The Kier molecular flexibility index (Phi) is 38.5. The fourth-order valence-corrected chi connectivity index (χ4v) is 1.30. The van der Waals surface area contributed by atoms with Crippen LogP contribution in [0.3, 0.4) is 0 Å². The maximum atomic E-state index is 9.35. The molecule has 5 unspecified atom stereocenters. The summed E-state index contributed by atoms with van der Waals surface area (Å²) in [6, 6.07) is 0. The van der Waals surface area contributed by atoms with Gasteiger partial charge in [-0.3, -0.25) is 5.21 Å². The summed E-state index contributed by atoms with van der Waals surface area (Å²) in [5.41, 5.74) is 1.22. The van der Waals surface area contributed by atoms with Gasteiger partial charge in [0.15, 0.2) is 33.8 Å². The first-order valence-corrected chi connectivity index (χ1v) is 6.47. The van der Waals surface area contributed by atoms with Gasteiger partial charge >= 0.3 is 0 Å². The van der Waals surface area contributed by atoms with Gasteiger partial charge in [0.2, 0.25) is 16.2 Å². The van der Waals surface area contributed by atoms with Crippen molar-refractivity contribution in [3.8, 4) is 0 Å². The predicted octanol–water partition coefficient (Wildman–Crippen LogP) is -23.4. The Hall–Kier alpha value is 4.35. The van der Waals surface area contributed by atoms with Gasteiger partial charge in [-0.2, -0.15) is 0 Å². The average molecular weight is 1200 g/mol. The number of quaternary nitrogens is 5. The monoisotopic (exact) mass is 1200 g/mol. The molecule has 19 nitrogen and oxygen atoms in total. The van der Waals surface area contributed by atoms with E-state index in [4.69, 9.17) is 10.1 Å². The molecule has 1 aliphatic rings. The normalized spacial score (nSPS) is 24.9. The first-order valence-electron chi connectivity index (χ1n) is 4.63. The first-order chi connectivity index (χ1) is 10.5. The van der Waals surface area contributed by atoms with Crippen LogP contribution in [0.4, 0.5) is 0 Å². The van der Waals surface area contributed by atoms with E-state index in [9.17, 15) is 10.4 Å². The second-order valence-electron chi connectivity index (χ2n) is 2.56. The van der Waals surface area contributed by atoms with Gasteiger partial charge in [0.25, 0.3) is 0 Å². The van der Waals surface area contributed by atoms with Crippen molar-refractivity contribution in [2.75, 3.05) is 7.11 Å². The standard InChI is InChI=1S/CH12I2N7O12.5HI/c1-14-8(15-3)19-6(12)21-10-18-5(2)17-9(16-4-11)20-7(13)22-10;;;;;/h4,6-13H,1H3;5*1H/q+5;;;;;/p-5. The lowest BCUT2D eigenvalue weighted by Crippen LogP contribution is -3.41. The summed E-state index contributed by atoms with van der Waals surface area (Å²) < 4.78 is 5.02. The topological polar surface area (TPSA) is 181 Å². The Morgan fingerprint density at radius 2 is 1.59 bits per heavy atom. The summed E-state index contributed by atoms with van der Waals surface area (Å²) >= 11 is 2.81. The summed E-state index contributed by atoms with van der Waals surface area (Å²) in [6.07, 6.45) is 0. The van der Waals surface area contributed by atoms with Gasteiger partial charge in [-0.25, -0.2) is 0 Å². The van der Waals surface area contributed by atoms with E-state index in [0.29, 0.717) is 3.44 Å². The minimum absolute atomic E-state index is 0. The van der Waals surface area contributed by atoms with Crippen LogP contribution in [0.2, 0.25) is 0 Å². The molecule has 1 heterocycles. The molecule has 1 aliphatic heterocycles. The van der Waals surface area contributed by atoms with Crippen LogP contribution in [0.15, 0.2) is 0 Å². The van der Waals surface area contributed by atoms with Crippen LogP contribution < -0.4 is 152 Å². The van der Waals surface area contributed by atoms with E-state index >= 15 is 0 Å². The zero-order chi connectivity index (χ0) is 16.5. The summed E-state index contributed by atoms with van der Waals surface area (Å²) in [5.74, 6) is 0. The molecule has 0 aliphatic carbocycles. The number of nitrogens with one attached hydrogen (secondary N) is 6. The van der Waals surface area contributed by atoms with Crippen LogP contribution in [-0.4, -0.2) is 26.2 Å². The van der Waals surface area contributed by atoms with Crippen molar-refractivity contribution in [1.29, 1.82) is 0 Å². The van der Waals surface area contributed by atoms with Crippen LogP contribution in [0.5, 0.6) is 0 Å². The Morgan fingerprint density at radius 3 is 2.07 bits per heavy atom. The highest BCUT2D eigenvalue weighted by Crippen LogP contribution is 1.92. The molecule has 9 N–H and O–H groups in total. The summed E-state index contributed by atoms with van der Waals surface area (Å²) in [6.45, 7) is 0. The second-order valence-corrected chi connectivity index (χ2v) is 3.79. The molecule has 1 fully saturated rings. The Bertz CT molecular complexity index is 297. The Morgan fingerprint density at radius 1 is 1.07 bits per heavy atom. The molecule has 172 valence electrons. The quantitative estimate of drug-likeness (QED) is 0.0636. The lowest BCUT2D eigenvalue weighted by molar-refractivity contribution is -1.74. The van der Waals surface area contributed by atoms with Crippen molar-refractivity contribution in [2.24, 2.45) is 0 Å². The highest BCUT2D eigenvalue weighted by atomic mass is 127. The van der Waals surface area contributed by atoms with Crippen molar-refractivity contribution in [1.82, 2.24) is 9.08 Å². The molecule has 27 heavy (non-hydrogen) atoms. The van der Waals surface area contributed by atoms with Crippen LogP contribution in [-0.2, 0) is 42.6 Å². The molecule has 0 amide bonds. The van der Waals surface area contributed by atoms with Crippen LogP contribution >= 0.6 is 45.9 Å². The smallest absolute Gasteiger partial charge is 0.225 e. The van der Waals surface area contributed by atoms with E-state index in [2.05, 4.69) is 37.6 Å². The molecule has 0 aromatic carbocycles. The van der Waals surface area contributed by atoms with Gasteiger partial charge in [0, 0.05) is 9.88 Å². The SMILES string of the molecule is CO[NH+](OI)O[NH+](O)O[NH+]1ON(I)O[NH+](ONO)O[NH+](O)O1.[I-].[I-].[I-].[I-].[I-]. The van der Waals surface area contributed by atoms with Gasteiger partial charge in [-0.1, -0.05) is 3.17 Å². The third-order valence-corrected chi connectivity index (χ3v) is 2.09. The van der Waals surface area contributed by atoms with Crippen molar-refractivity contribution in [3.63, 3.8) is 0 Å². The molecule has 0 radical (unpaired) electrons. The Labute approximate surface area is 263 Å². The zero-order valence-electron chi connectivity index (χ0n) is 12.1. The lowest BCUT2D eigenvalue weighted by Gasteiger charge is -2.17. The highest BCUT2D eigenvalue weighted by Gasteiger charge is 2.44. The predicted molar refractivity (Wildman–Crippen MR) is 58.9 cm³/mol. The molecule has 1 saturated heterocycles. The molecule has 0 spiro atoms.